The van der Waals surface area contributed by atoms with Crippen LogP contribution in [0, 0.1) is 0 Å². The summed E-state index contributed by atoms with van der Waals surface area (Å²) in [5.41, 5.74) is 0. The highest BCUT2D eigenvalue weighted by atomic mass is 31.2. The van der Waals surface area contributed by atoms with Gasteiger partial charge >= 0.3 is 8.60 Å². The molecule has 0 saturated heterocycles. The van der Waals surface area contributed by atoms with Gasteiger partial charge in [0.2, 0.25) is 0 Å². The zero-order chi connectivity index (χ0) is 12.6. The lowest BCUT2D eigenvalue weighted by molar-refractivity contribution is -0.893. The van der Waals surface area contributed by atoms with Crippen LogP contribution in [0.2, 0.25) is 0 Å². The number of hydrogen-bond donors (Lipinski definition) is 2. The average molecular weight is 254 g/mol. The molecular formula is C10H25NO4P+. The molecule has 0 saturated carbocycles. The maximum Gasteiger partial charge on any atom is 0.329 e. The van der Waals surface area contributed by atoms with Gasteiger partial charge in [-0.3, -0.25) is 0 Å². The fourth-order valence-electron chi connectivity index (χ4n) is 1.50. The van der Waals surface area contributed by atoms with Gasteiger partial charge in [0.05, 0.1) is 27.2 Å². The Morgan fingerprint density at radius 2 is 2.00 bits per heavy atom. The van der Waals surface area contributed by atoms with Gasteiger partial charge in [0.1, 0.15) is 12.6 Å². The highest BCUT2D eigenvalue weighted by Crippen LogP contribution is 2.30. The van der Waals surface area contributed by atoms with E-state index in [1.807, 2.05) is 0 Å². The first-order chi connectivity index (χ1) is 7.41. The van der Waals surface area contributed by atoms with Crippen LogP contribution in [0.5, 0.6) is 0 Å². The largest absolute Gasteiger partial charge is 0.385 e. The molecule has 2 atom stereocenters. The minimum Gasteiger partial charge on any atom is -0.385 e. The van der Waals surface area contributed by atoms with Gasteiger partial charge in [-0.05, 0) is 6.42 Å². The van der Waals surface area contributed by atoms with Crippen molar-refractivity contribution in [3.05, 3.63) is 0 Å². The van der Waals surface area contributed by atoms with Gasteiger partial charge in [-0.25, -0.2) is 0 Å². The fraction of sp³-hybridized carbons (Fsp3) is 1.00. The Morgan fingerprint density at radius 3 is 2.50 bits per heavy atom. The summed E-state index contributed by atoms with van der Waals surface area (Å²) in [7, 11) is 3.70. The van der Waals surface area contributed by atoms with Crippen molar-refractivity contribution < 1.29 is 23.5 Å². The Hall–Kier alpha value is 0.230. The van der Waals surface area contributed by atoms with Crippen LogP contribution in [0.4, 0.5) is 0 Å². The lowest BCUT2D eigenvalue weighted by Gasteiger charge is -2.31. The van der Waals surface area contributed by atoms with Crippen molar-refractivity contribution in [2.45, 2.75) is 25.9 Å². The molecule has 0 aromatic carbocycles. The third kappa shape index (κ3) is 8.39. The molecule has 16 heavy (non-hydrogen) atoms. The van der Waals surface area contributed by atoms with Crippen molar-refractivity contribution in [2.75, 3.05) is 40.9 Å². The van der Waals surface area contributed by atoms with Crippen molar-refractivity contribution in [1.29, 1.82) is 0 Å². The van der Waals surface area contributed by atoms with Crippen molar-refractivity contribution >= 4 is 8.60 Å². The van der Waals surface area contributed by atoms with Gasteiger partial charge in [0, 0.05) is 7.11 Å². The van der Waals surface area contributed by atoms with Crippen LogP contribution in [0.25, 0.3) is 0 Å². The predicted molar refractivity (Wildman–Crippen MR) is 64.9 cm³/mol. The molecule has 0 aliphatic heterocycles. The Bertz CT molecular complexity index is 180. The molecule has 0 fully saturated rings. The Balaban J connectivity index is 3.79. The Morgan fingerprint density at radius 1 is 1.38 bits per heavy atom. The third-order valence-corrected chi connectivity index (χ3v) is 3.04. The summed E-state index contributed by atoms with van der Waals surface area (Å²) in [6, 6.07) is 0. The van der Waals surface area contributed by atoms with Crippen molar-refractivity contribution in [3.63, 3.8) is 0 Å². The first-order valence-corrected chi connectivity index (χ1v) is 6.70. The predicted octanol–water partition coefficient (Wildman–Crippen LogP) is 1.11. The van der Waals surface area contributed by atoms with E-state index in [-0.39, 0.29) is 6.61 Å². The van der Waals surface area contributed by atoms with E-state index in [0.29, 0.717) is 6.54 Å². The summed E-state index contributed by atoms with van der Waals surface area (Å²) in [6.07, 6.45) is 1.73. The number of nitrogens with zero attached hydrogens (tertiary/aromatic N) is 1. The van der Waals surface area contributed by atoms with Gasteiger partial charge in [-0.15, -0.1) is 0 Å². The summed E-state index contributed by atoms with van der Waals surface area (Å²) < 4.78 is 10.3. The smallest absolute Gasteiger partial charge is 0.329 e. The molecule has 0 heterocycles. The van der Waals surface area contributed by atoms with E-state index in [9.17, 15) is 5.11 Å². The van der Waals surface area contributed by atoms with Crippen molar-refractivity contribution in [3.8, 4) is 0 Å². The van der Waals surface area contributed by atoms with E-state index >= 15 is 0 Å². The minimum absolute atomic E-state index is 0.115. The summed E-state index contributed by atoms with van der Waals surface area (Å²) >= 11 is 0. The molecule has 0 aliphatic rings. The second kappa shape index (κ2) is 8.34. The second-order valence-electron chi connectivity index (χ2n) is 4.57. The van der Waals surface area contributed by atoms with E-state index < -0.39 is 14.7 Å². The Kier molecular flexibility index (Phi) is 8.46. The lowest BCUT2D eigenvalue weighted by Crippen LogP contribution is -2.47. The summed E-state index contributed by atoms with van der Waals surface area (Å²) in [5, 5.41) is 9.73. The van der Waals surface area contributed by atoms with Crippen LogP contribution in [0.15, 0.2) is 0 Å². The standard InChI is InChI=1S/C10H25NO4P/c1-5-6-7-11(2,3)8-10(12)9-15-16(13)14-4/h10,12-13H,5-9H2,1-4H3/q+1. The number of aliphatic hydroxyl groups is 1. The van der Waals surface area contributed by atoms with Gasteiger partial charge < -0.3 is 23.5 Å². The van der Waals surface area contributed by atoms with E-state index in [0.717, 1.165) is 23.9 Å². The highest BCUT2D eigenvalue weighted by Gasteiger charge is 2.21. The number of hydrogen-bond acceptors (Lipinski definition) is 4. The van der Waals surface area contributed by atoms with Crippen LogP contribution in [-0.4, -0.2) is 61.5 Å². The topological polar surface area (TPSA) is 58.9 Å². The number of quaternary nitrogens is 1. The summed E-state index contributed by atoms with van der Waals surface area (Å²) in [4.78, 5) is 9.05. The molecule has 0 rings (SSSR count). The molecule has 0 bridgehead atoms. The second-order valence-corrected chi connectivity index (χ2v) is 5.66. The zero-order valence-electron chi connectivity index (χ0n) is 10.7. The zero-order valence-corrected chi connectivity index (χ0v) is 11.6. The molecule has 2 N–H and O–H groups in total. The summed E-state index contributed by atoms with van der Waals surface area (Å²) in [5.74, 6) is 0. The highest BCUT2D eigenvalue weighted by molar-refractivity contribution is 7.40. The van der Waals surface area contributed by atoms with Gasteiger partial charge in [0.25, 0.3) is 0 Å². The maximum atomic E-state index is 9.73. The van der Waals surface area contributed by atoms with E-state index in [1.165, 1.54) is 7.11 Å². The molecule has 0 aliphatic carbocycles. The SMILES string of the molecule is CCCC[N+](C)(C)CC(O)COP(O)OC. The molecule has 0 amide bonds. The summed E-state index contributed by atoms with van der Waals surface area (Å²) in [6.45, 7) is 3.92. The normalized spacial score (nSPS) is 16.1. The molecule has 0 aromatic heterocycles. The first kappa shape index (κ1) is 16.2. The van der Waals surface area contributed by atoms with Crippen LogP contribution in [0.1, 0.15) is 19.8 Å². The molecule has 2 unspecified atom stereocenters. The van der Waals surface area contributed by atoms with Crippen LogP contribution >= 0.6 is 8.60 Å². The van der Waals surface area contributed by atoms with Crippen LogP contribution in [0.3, 0.4) is 0 Å². The molecule has 98 valence electrons. The average Bonchev–Trinajstić information content (AvgIpc) is 2.22. The Labute approximate surface area is 99.6 Å². The molecule has 0 radical (unpaired) electrons. The fourth-order valence-corrected chi connectivity index (χ4v) is 1.91. The van der Waals surface area contributed by atoms with Crippen LogP contribution < -0.4 is 0 Å². The van der Waals surface area contributed by atoms with Crippen molar-refractivity contribution in [1.82, 2.24) is 0 Å². The van der Waals surface area contributed by atoms with Gasteiger partial charge in [-0.1, -0.05) is 13.3 Å². The quantitative estimate of drug-likeness (QED) is 0.478. The number of aliphatic hydroxyl groups excluding tert-OH is 1. The van der Waals surface area contributed by atoms with E-state index in [4.69, 9.17) is 9.42 Å². The number of rotatable bonds is 9. The first-order valence-electron chi connectivity index (χ1n) is 5.57. The maximum absolute atomic E-state index is 9.73. The third-order valence-electron chi connectivity index (χ3n) is 2.36. The molecule has 6 heteroatoms. The molecule has 0 spiro atoms. The van der Waals surface area contributed by atoms with Gasteiger partial charge in [0.15, 0.2) is 0 Å². The molecule has 5 nitrogen and oxygen atoms in total. The molecule has 0 aromatic rings. The molecular weight excluding hydrogens is 229 g/mol. The number of likely N-dealkylation sites (N-methyl/N-ethyl adjacent to an activating group) is 1. The minimum atomic E-state index is -1.83. The van der Waals surface area contributed by atoms with Gasteiger partial charge in [-0.2, -0.15) is 0 Å². The monoisotopic (exact) mass is 254 g/mol. The van der Waals surface area contributed by atoms with Crippen LogP contribution in [-0.2, 0) is 9.05 Å². The van der Waals surface area contributed by atoms with E-state index in [2.05, 4.69) is 25.5 Å². The number of unbranched alkanes of at least 4 members (excludes halogenated alkanes) is 1. The van der Waals surface area contributed by atoms with E-state index in [1.54, 1.807) is 0 Å². The van der Waals surface area contributed by atoms with Crippen molar-refractivity contribution in [2.24, 2.45) is 0 Å². The lowest BCUT2D eigenvalue weighted by atomic mass is 10.2.